The summed E-state index contributed by atoms with van der Waals surface area (Å²) in [6, 6.07) is -0.854. The van der Waals surface area contributed by atoms with Gasteiger partial charge in [-0.15, -0.1) is 0 Å². The van der Waals surface area contributed by atoms with Crippen LogP contribution >= 0.6 is 0 Å². The molecule has 0 aliphatic carbocycles. The summed E-state index contributed by atoms with van der Waals surface area (Å²) in [6.45, 7) is 2.14. The van der Waals surface area contributed by atoms with Crippen LogP contribution in [0, 0.1) is 0 Å². The lowest BCUT2D eigenvalue weighted by Gasteiger charge is -2.15. The summed E-state index contributed by atoms with van der Waals surface area (Å²) < 4.78 is 0. The molecule has 1 saturated heterocycles. The van der Waals surface area contributed by atoms with Crippen molar-refractivity contribution in [3.63, 3.8) is 0 Å². The second kappa shape index (κ2) is 5.07. The van der Waals surface area contributed by atoms with Gasteiger partial charge in [0, 0.05) is 0 Å². The molecular formula is C9H16N2O3. The number of rotatable bonds is 5. The van der Waals surface area contributed by atoms with Crippen molar-refractivity contribution in [3.05, 3.63) is 0 Å². The van der Waals surface area contributed by atoms with E-state index in [0.29, 0.717) is 6.54 Å². The van der Waals surface area contributed by atoms with Crippen molar-refractivity contribution < 1.29 is 14.7 Å². The number of carbonyl (C=O) groups excluding carboxylic acids is 1. The predicted octanol–water partition coefficient (Wildman–Crippen LogP) is -0.547. The molecule has 5 heteroatoms. The van der Waals surface area contributed by atoms with Gasteiger partial charge in [-0.3, -0.25) is 14.5 Å². The maximum Gasteiger partial charge on any atom is 0.305 e. The maximum absolute atomic E-state index is 11.4. The van der Waals surface area contributed by atoms with Crippen LogP contribution in [0.4, 0.5) is 0 Å². The van der Waals surface area contributed by atoms with Gasteiger partial charge in [0.25, 0.3) is 0 Å². The van der Waals surface area contributed by atoms with Gasteiger partial charge in [-0.05, 0) is 25.9 Å². The second-order valence-corrected chi connectivity index (χ2v) is 3.65. The number of likely N-dealkylation sites (tertiary alicyclic amines) is 1. The van der Waals surface area contributed by atoms with E-state index < -0.39 is 12.0 Å². The van der Waals surface area contributed by atoms with Gasteiger partial charge < -0.3 is 10.8 Å². The molecule has 0 radical (unpaired) electrons. The van der Waals surface area contributed by atoms with Crippen molar-refractivity contribution in [2.24, 2.45) is 5.73 Å². The smallest absolute Gasteiger partial charge is 0.305 e. The van der Waals surface area contributed by atoms with Gasteiger partial charge >= 0.3 is 5.97 Å². The van der Waals surface area contributed by atoms with Crippen LogP contribution < -0.4 is 5.73 Å². The fourth-order valence-electron chi connectivity index (χ4n) is 1.58. The van der Waals surface area contributed by atoms with Crippen LogP contribution in [0.1, 0.15) is 19.3 Å². The zero-order chi connectivity index (χ0) is 10.6. The highest BCUT2D eigenvalue weighted by Gasteiger charge is 2.21. The molecule has 0 bridgehead atoms. The van der Waals surface area contributed by atoms with Gasteiger partial charge in [-0.25, -0.2) is 0 Å². The summed E-state index contributed by atoms with van der Waals surface area (Å²) in [5.41, 5.74) is 5.44. The molecule has 1 fully saturated rings. The van der Waals surface area contributed by atoms with Crippen LogP contribution in [0.2, 0.25) is 0 Å². The average molecular weight is 200 g/mol. The second-order valence-electron chi connectivity index (χ2n) is 3.65. The lowest BCUT2D eigenvalue weighted by atomic mass is 10.1. The molecule has 0 aromatic heterocycles. The van der Waals surface area contributed by atoms with Gasteiger partial charge in [0.15, 0.2) is 5.78 Å². The number of carboxylic acid groups (broad SMARTS) is 1. The van der Waals surface area contributed by atoms with E-state index in [-0.39, 0.29) is 12.2 Å². The highest BCUT2D eigenvalue weighted by molar-refractivity contribution is 5.89. The number of hydrogen-bond donors (Lipinski definition) is 2. The highest BCUT2D eigenvalue weighted by Crippen LogP contribution is 2.07. The minimum atomic E-state index is -1.02. The van der Waals surface area contributed by atoms with Crippen molar-refractivity contribution in [2.75, 3.05) is 19.6 Å². The van der Waals surface area contributed by atoms with Crippen molar-refractivity contribution in [1.82, 2.24) is 4.90 Å². The fraction of sp³-hybridized carbons (Fsp3) is 0.778. The van der Waals surface area contributed by atoms with Gasteiger partial charge in [-0.1, -0.05) is 0 Å². The monoisotopic (exact) mass is 200 g/mol. The van der Waals surface area contributed by atoms with E-state index in [4.69, 9.17) is 10.8 Å². The molecule has 0 saturated carbocycles. The number of nitrogens with two attached hydrogens (primary N) is 1. The third-order valence-corrected chi connectivity index (χ3v) is 2.39. The minimum Gasteiger partial charge on any atom is -0.481 e. The number of aliphatic carboxylic acids is 1. The minimum absolute atomic E-state index is 0.172. The highest BCUT2D eigenvalue weighted by atomic mass is 16.4. The summed E-state index contributed by atoms with van der Waals surface area (Å²) in [6.07, 6.45) is 1.95. The van der Waals surface area contributed by atoms with Crippen LogP contribution in [-0.4, -0.2) is 47.4 Å². The Morgan fingerprint density at radius 1 is 1.36 bits per heavy atom. The summed E-state index contributed by atoms with van der Waals surface area (Å²) in [7, 11) is 0. The molecule has 0 amide bonds. The summed E-state index contributed by atoms with van der Waals surface area (Å²) in [4.78, 5) is 23.7. The molecule has 5 nitrogen and oxygen atoms in total. The Morgan fingerprint density at radius 3 is 2.43 bits per heavy atom. The third kappa shape index (κ3) is 3.43. The standard InChI is InChI=1S/C9H16N2O3/c10-7(5-9(13)14)8(12)6-11-3-1-2-4-11/h7H,1-6,10H2,(H,13,14). The molecular weight excluding hydrogens is 184 g/mol. The van der Waals surface area contributed by atoms with E-state index >= 15 is 0 Å². The molecule has 0 aromatic carbocycles. The Balaban J connectivity index is 2.29. The van der Waals surface area contributed by atoms with Crippen LogP contribution in [0.15, 0.2) is 0 Å². The Morgan fingerprint density at radius 2 is 1.93 bits per heavy atom. The predicted molar refractivity (Wildman–Crippen MR) is 50.9 cm³/mol. The zero-order valence-corrected chi connectivity index (χ0v) is 8.11. The number of nitrogens with zero attached hydrogens (tertiary/aromatic N) is 1. The topological polar surface area (TPSA) is 83.6 Å². The number of ketones is 1. The molecule has 1 rings (SSSR count). The number of carboxylic acids is 1. The normalized spacial score (nSPS) is 19.5. The first-order chi connectivity index (χ1) is 6.59. The van der Waals surface area contributed by atoms with Crippen molar-refractivity contribution in [2.45, 2.75) is 25.3 Å². The number of hydrogen-bond acceptors (Lipinski definition) is 4. The van der Waals surface area contributed by atoms with Crippen molar-refractivity contribution in [1.29, 1.82) is 0 Å². The molecule has 0 spiro atoms. The van der Waals surface area contributed by atoms with E-state index in [1.807, 2.05) is 4.90 Å². The molecule has 0 aromatic rings. The van der Waals surface area contributed by atoms with Crippen molar-refractivity contribution >= 4 is 11.8 Å². The molecule has 1 heterocycles. The average Bonchev–Trinajstić information content (AvgIpc) is 2.55. The molecule has 1 aliphatic heterocycles. The third-order valence-electron chi connectivity index (χ3n) is 2.39. The Labute approximate surface area is 82.9 Å². The summed E-state index contributed by atoms with van der Waals surface area (Å²) in [5.74, 6) is -1.19. The zero-order valence-electron chi connectivity index (χ0n) is 8.11. The lowest BCUT2D eigenvalue weighted by Crippen LogP contribution is -2.40. The van der Waals surface area contributed by atoms with E-state index in [2.05, 4.69) is 0 Å². The van der Waals surface area contributed by atoms with E-state index in [1.165, 1.54) is 0 Å². The summed E-state index contributed by atoms with van der Waals surface area (Å²) in [5, 5.41) is 8.45. The molecule has 14 heavy (non-hydrogen) atoms. The van der Waals surface area contributed by atoms with Crippen LogP contribution in [-0.2, 0) is 9.59 Å². The first kappa shape index (κ1) is 11.1. The largest absolute Gasteiger partial charge is 0.481 e. The van der Waals surface area contributed by atoms with E-state index in [0.717, 1.165) is 25.9 Å². The van der Waals surface area contributed by atoms with Crippen LogP contribution in [0.5, 0.6) is 0 Å². The van der Waals surface area contributed by atoms with Gasteiger partial charge in [-0.2, -0.15) is 0 Å². The molecule has 1 aliphatic rings. The Hall–Kier alpha value is -0.940. The molecule has 1 unspecified atom stereocenters. The first-order valence-corrected chi connectivity index (χ1v) is 4.82. The Kier molecular flexibility index (Phi) is 4.03. The fourth-order valence-corrected chi connectivity index (χ4v) is 1.58. The maximum atomic E-state index is 11.4. The summed E-state index contributed by atoms with van der Waals surface area (Å²) >= 11 is 0. The molecule has 1 atom stereocenters. The van der Waals surface area contributed by atoms with Crippen LogP contribution in [0.25, 0.3) is 0 Å². The van der Waals surface area contributed by atoms with Gasteiger partial charge in [0.1, 0.15) is 0 Å². The lowest BCUT2D eigenvalue weighted by molar-refractivity contribution is -0.139. The quantitative estimate of drug-likeness (QED) is 0.622. The van der Waals surface area contributed by atoms with Gasteiger partial charge in [0.2, 0.25) is 0 Å². The number of Topliss-reactive ketones (excluding diaryl/α,β-unsaturated/α-hetero) is 1. The van der Waals surface area contributed by atoms with Crippen LogP contribution in [0.3, 0.4) is 0 Å². The number of carbonyl (C=O) groups is 2. The molecule has 80 valence electrons. The van der Waals surface area contributed by atoms with E-state index in [1.54, 1.807) is 0 Å². The van der Waals surface area contributed by atoms with E-state index in [9.17, 15) is 9.59 Å². The Bertz CT molecular complexity index is 224. The van der Waals surface area contributed by atoms with Gasteiger partial charge in [0.05, 0.1) is 19.0 Å². The van der Waals surface area contributed by atoms with Crippen molar-refractivity contribution in [3.8, 4) is 0 Å². The first-order valence-electron chi connectivity index (χ1n) is 4.82. The SMILES string of the molecule is NC(CC(=O)O)C(=O)CN1CCCC1. The molecule has 3 N–H and O–H groups in total.